The van der Waals surface area contributed by atoms with Crippen LogP contribution in [0.1, 0.15) is 52.9 Å². The molecule has 2 unspecified atom stereocenters. The van der Waals surface area contributed by atoms with E-state index in [1.807, 2.05) is 0 Å². The van der Waals surface area contributed by atoms with Crippen LogP contribution in [0.3, 0.4) is 0 Å². The molecule has 1 fully saturated rings. The molecule has 1 saturated carbocycles. The molecule has 0 amide bonds. The standard InChI is InChI=1S/C13H27NO/c1-4-12(5-2)13(15)9-14-10(3)8-11-6-7-11/h10-15H,4-9H2,1-3H3. The fourth-order valence-electron chi connectivity index (χ4n) is 2.26. The third-order valence-corrected chi connectivity index (χ3v) is 3.65. The minimum atomic E-state index is -0.165. The molecule has 0 spiro atoms. The number of aliphatic hydroxyl groups excluding tert-OH is 1. The maximum Gasteiger partial charge on any atom is 0.0692 e. The average Bonchev–Trinajstić information content (AvgIpc) is 3.00. The number of hydrogen-bond donors (Lipinski definition) is 2. The summed E-state index contributed by atoms with van der Waals surface area (Å²) in [5, 5.41) is 13.4. The van der Waals surface area contributed by atoms with Gasteiger partial charge in [-0.3, -0.25) is 0 Å². The maximum absolute atomic E-state index is 9.95. The van der Waals surface area contributed by atoms with Gasteiger partial charge in [0.25, 0.3) is 0 Å². The highest BCUT2D eigenvalue weighted by Gasteiger charge is 2.24. The Kier molecular flexibility index (Phi) is 5.62. The molecule has 15 heavy (non-hydrogen) atoms. The van der Waals surface area contributed by atoms with Gasteiger partial charge in [0.1, 0.15) is 0 Å². The molecule has 0 aromatic rings. The smallest absolute Gasteiger partial charge is 0.0692 e. The van der Waals surface area contributed by atoms with E-state index in [1.54, 1.807) is 0 Å². The van der Waals surface area contributed by atoms with Crippen LogP contribution in [0.15, 0.2) is 0 Å². The molecule has 0 aromatic heterocycles. The van der Waals surface area contributed by atoms with Crippen molar-refractivity contribution in [1.82, 2.24) is 5.32 Å². The molecular formula is C13H27NO. The molecule has 2 heteroatoms. The summed E-state index contributed by atoms with van der Waals surface area (Å²) < 4.78 is 0. The van der Waals surface area contributed by atoms with Gasteiger partial charge in [-0.15, -0.1) is 0 Å². The number of aliphatic hydroxyl groups is 1. The molecule has 0 saturated heterocycles. The van der Waals surface area contributed by atoms with E-state index in [1.165, 1.54) is 19.3 Å². The largest absolute Gasteiger partial charge is 0.392 e. The Hall–Kier alpha value is -0.0800. The van der Waals surface area contributed by atoms with E-state index in [0.29, 0.717) is 12.0 Å². The van der Waals surface area contributed by atoms with Crippen molar-refractivity contribution >= 4 is 0 Å². The van der Waals surface area contributed by atoms with Crippen molar-refractivity contribution in [1.29, 1.82) is 0 Å². The summed E-state index contributed by atoms with van der Waals surface area (Å²) in [6.07, 6.45) is 6.12. The first-order valence-corrected chi connectivity index (χ1v) is 6.58. The second-order valence-electron chi connectivity index (χ2n) is 5.13. The topological polar surface area (TPSA) is 32.3 Å². The van der Waals surface area contributed by atoms with E-state index in [-0.39, 0.29) is 6.10 Å². The lowest BCUT2D eigenvalue weighted by atomic mass is 9.96. The summed E-state index contributed by atoms with van der Waals surface area (Å²) in [5.41, 5.74) is 0. The van der Waals surface area contributed by atoms with Gasteiger partial charge in [0, 0.05) is 12.6 Å². The van der Waals surface area contributed by atoms with E-state index < -0.39 is 0 Å². The summed E-state index contributed by atoms with van der Waals surface area (Å²) in [6.45, 7) is 7.31. The third-order valence-electron chi connectivity index (χ3n) is 3.65. The molecule has 0 heterocycles. The Morgan fingerprint density at radius 3 is 2.33 bits per heavy atom. The molecule has 1 aliphatic carbocycles. The molecule has 0 aliphatic heterocycles. The summed E-state index contributed by atoms with van der Waals surface area (Å²) >= 11 is 0. The zero-order valence-corrected chi connectivity index (χ0v) is 10.5. The Morgan fingerprint density at radius 2 is 1.87 bits per heavy atom. The molecule has 2 atom stereocenters. The fraction of sp³-hybridized carbons (Fsp3) is 1.00. The predicted octanol–water partition coefficient (Wildman–Crippen LogP) is 2.56. The summed E-state index contributed by atoms with van der Waals surface area (Å²) in [7, 11) is 0. The zero-order valence-electron chi connectivity index (χ0n) is 10.5. The predicted molar refractivity (Wildman–Crippen MR) is 64.9 cm³/mol. The lowest BCUT2D eigenvalue weighted by molar-refractivity contribution is 0.0983. The highest BCUT2D eigenvalue weighted by atomic mass is 16.3. The summed E-state index contributed by atoms with van der Waals surface area (Å²) in [4.78, 5) is 0. The quantitative estimate of drug-likeness (QED) is 0.649. The van der Waals surface area contributed by atoms with Crippen molar-refractivity contribution in [3.63, 3.8) is 0 Å². The van der Waals surface area contributed by atoms with Gasteiger partial charge in [0.15, 0.2) is 0 Å². The van der Waals surface area contributed by atoms with Crippen molar-refractivity contribution < 1.29 is 5.11 Å². The Morgan fingerprint density at radius 1 is 1.27 bits per heavy atom. The van der Waals surface area contributed by atoms with E-state index in [2.05, 4.69) is 26.1 Å². The number of rotatable bonds is 8. The second-order valence-corrected chi connectivity index (χ2v) is 5.13. The maximum atomic E-state index is 9.95. The second kappa shape index (κ2) is 6.49. The highest BCUT2D eigenvalue weighted by Crippen LogP contribution is 2.33. The van der Waals surface area contributed by atoms with Gasteiger partial charge in [0.05, 0.1) is 6.10 Å². The Labute approximate surface area is 94.5 Å². The SMILES string of the molecule is CCC(CC)C(O)CNC(C)CC1CC1. The zero-order chi connectivity index (χ0) is 11.3. The molecule has 1 rings (SSSR count). The first-order valence-electron chi connectivity index (χ1n) is 6.58. The normalized spacial score (nSPS) is 20.6. The van der Waals surface area contributed by atoms with Crippen LogP contribution < -0.4 is 5.32 Å². The van der Waals surface area contributed by atoms with Gasteiger partial charge in [0.2, 0.25) is 0 Å². The van der Waals surface area contributed by atoms with Crippen LogP contribution in [0.25, 0.3) is 0 Å². The third kappa shape index (κ3) is 4.98. The van der Waals surface area contributed by atoms with Gasteiger partial charge in [-0.1, -0.05) is 39.5 Å². The molecule has 90 valence electrons. The van der Waals surface area contributed by atoms with Gasteiger partial charge in [-0.2, -0.15) is 0 Å². The molecule has 1 aliphatic rings. The minimum absolute atomic E-state index is 0.165. The molecular weight excluding hydrogens is 186 g/mol. The van der Waals surface area contributed by atoms with Crippen LogP contribution in [-0.2, 0) is 0 Å². The number of hydrogen-bond acceptors (Lipinski definition) is 2. The first-order chi connectivity index (χ1) is 7.17. The van der Waals surface area contributed by atoms with Gasteiger partial charge < -0.3 is 10.4 Å². The lowest BCUT2D eigenvalue weighted by Gasteiger charge is -2.22. The van der Waals surface area contributed by atoms with Crippen LogP contribution >= 0.6 is 0 Å². The van der Waals surface area contributed by atoms with Crippen molar-refractivity contribution in [3.05, 3.63) is 0 Å². The van der Waals surface area contributed by atoms with Crippen LogP contribution in [-0.4, -0.2) is 23.8 Å². The van der Waals surface area contributed by atoms with E-state index in [4.69, 9.17) is 0 Å². The molecule has 2 N–H and O–H groups in total. The van der Waals surface area contributed by atoms with Crippen molar-refractivity contribution in [2.24, 2.45) is 11.8 Å². The molecule has 2 nitrogen and oxygen atoms in total. The fourth-order valence-corrected chi connectivity index (χ4v) is 2.26. The van der Waals surface area contributed by atoms with E-state index in [0.717, 1.165) is 25.3 Å². The Bertz CT molecular complexity index is 164. The minimum Gasteiger partial charge on any atom is -0.392 e. The average molecular weight is 213 g/mol. The highest BCUT2D eigenvalue weighted by molar-refractivity contribution is 4.79. The van der Waals surface area contributed by atoms with Crippen LogP contribution in [0, 0.1) is 11.8 Å². The van der Waals surface area contributed by atoms with Gasteiger partial charge in [-0.25, -0.2) is 0 Å². The lowest BCUT2D eigenvalue weighted by Crippen LogP contribution is -2.37. The molecule has 0 aromatic carbocycles. The Balaban J connectivity index is 2.10. The van der Waals surface area contributed by atoms with Crippen LogP contribution in [0.5, 0.6) is 0 Å². The monoisotopic (exact) mass is 213 g/mol. The van der Waals surface area contributed by atoms with Crippen LogP contribution in [0.4, 0.5) is 0 Å². The number of nitrogens with one attached hydrogen (secondary N) is 1. The van der Waals surface area contributed by atoms with Crippen molar-refractivity contribution in [2.45, 2.75) is 65.0 Å². The van der Waals surface area contributed by atoms with E-state index in [9.17, 15) is 5.11 Å². The van der Waals surface area contributed by atoms with Gasteiger partial charge in [-0.05, 0) is 25.2 Å². The summed E-state index contributed by atoms with van der Waals surface area (Å²) in [5.74, 6) is 1.43. The molecule has 0 bridgehead atoms. The van der Waals surface area contributed by atoms with Crippen molar-refractivity contribution in [2.75, 3.05) is 6.54 Å². The van der Waals surface area contributed by atoms with Crippen molar-refractivity contribution in [3.8, 4) is 0 Å². The van der Waals surface area contributed by atoms with Gasteiger partial charge >= 0.3 is 0 Å². The summed E-state index contributed by atoms with van der Waals surface area (Å²) in [6, 6.07) is 0.571. The van der Waals surface area contributed by atoms with E-state index >= 15 is 0 Å². The first kappa shape index (κ1) is 13.0. The van der Waals surface area contributed by atoms with Crippen LogP contribution in [0.2, 0.25) is 0 Å². The molecule has 0 radical (unpaired) electrons.